The first kappa shape index (κ1) is 9.80. The van der Waals surface area contributed by atoms with Gasteiger partial charge in [-0.1, -0.05) is 11.6 Å². The second-order valence-electron chi connectivity index (χ2n) is 3.19. The SMILES string of the molecule is CN1CCN=C1NCc1ccc(Cl)s1. The molecule has 2 heterocycles. The van der Waals surface area contributed by atoms with Crippen molar-refractivity contribution in [3.8, 4) is 0 Å². The molecule has 1 aromatic heterocycles. The summed E-state index contributed by atoms with van der Waals surface area (Å²) < 4.78 is 0.837. The Morgan fingerprint density at radius 1 is 1.64 bits per heavy atom. The van der Waals surface area contributed by atoms with Crippen LogP contribution in [0.3, 0.4) is 0 Å². The Kier molecular flexibility index (Phi) is 2.93. The van der Waals surface area contributed by atoms with E-state index in [0.717, 1.165) is 29.9 Å². The third-order valence-corrected chi connectivity index (χ3v) is 3.34. The van der Waals surface area contributed by atoms with Crippen LogP contribution in [0.25, 0.3) is 0 Å². The zero-order chi connectivity index (χ0) is 9.97. The summed E-state index contributed by atoms with van der Waals surface area (Å²) in [5.74, 6) is 0.981. The van der Waals surface area contributed by atoms with Gasteiger partial charge in [-0.2, -0.15) is 0 Å². The molecule has 0 amide bonds. The van der Waals surface area contributed by atoms with Crippen LogP contribution in [0.1, 0.15) is 4.88 Å². The fourth-order valence-corrected chi connectivity index (χ4v) is 2.36. The number of rotatable bonds is 2. The van der Waals surface area contributed by atoms with Gasteiger partial charge in [0.05, 0.1) is 17.4 Å². The maximum Gasteiger partial charge on any atom is 0.194 e. The van der Waals surface area contributed by atoms with Crippen LogP contribution in [-0.2, 0) is 6.54 Å². The average molecular weight is 230 g/mol. The maximum absolute atomic E-state index is 5.83. The lowest BCUT2D eigenvalue weighted by Gasteiger charge is -2.14. The van der Waals surface area contributed by atoms with Crippen LogP contribution in [0, 0.1) is 0 Å². The molecule has 0 atom stereocenters. The molecule has 1 aromatic rings. The number of nitrogens with one attached hydrogen (secondary N) is 1. The van der Waals surface area contributed by atoms with E-state index in [1.807, 2.05) is 19.2 Å². The number of thiophene rings is 1. The molecule has 3 nitrogen and oxygen atoms in total. The summed E-state index contributed by atoms with van der Waals surface area (Å²) in [4.78, 5) is 7.70. The zero-order valence-corrected chi connectivity index (χ0v) is 9.53. The normalized spacial score (nSPS) is 15.9. The van der Waals surface area contributed by atoms with E-state index in [1.165, 1.54) is 4.88 Å². The number of halogens is 1. The summed E-state index contributed by atoms with van der Waals surface area (Å²) in [6.45, 7) is 2.71. The minimum Gasteiger partial charge on any atom is -0.351 e. The van der Waals surface area contributed by atoms with E-state index in [2.05, 4.69) is 15.2 Å². The summed E-state index contributed by atoms with van der Waals surface area (Å²) in [5, 5.41) is 3.29. The molecule has 1 N–H and O–H groups in total. The van der Waals surface area contributed by atoms with E-state index >= 15 is 0 Å². The van der Waals surface area contributed by atoms with Gasteiger partial charge in [-0.15, -0.1) is 11.3 Å². The van der Waals surface area contributed by atoms with Gasteiger partial charge in [0, 0.05) is 18.5 Å². The Labute approximate surface area is 92.4 Å². The van der Waals surface area contributed by atoms with E-state index in [-0.39, 0.29) is 0 Å². The Morgan fingerprint density at radius 3 is 3.07 bits per heavy atom. The van der Waals surface area contributed by atoms with Crippen molar-refractivity contribution in [3.63, 3.8) is 0 Å². The van der Waals surface area contributed by atoms with E-state index in [4.69, 9.17) is 11.6 Å². The fraction of sp³-hybridized carbons (Fsp3) is 0.444. The van der Waals surface area contributed by atoms with Gasteiger partial charge in [-0.3, -0.25) is 4.99 Å². The van der Waals surface area contributed by atoms with Gasteiger partial charge in [-0.05, 0) is 12.1 Å². The minimum absolute atomic E-state index is 0.806. The van der Waals surface area contributed by atoms with Gasteiger partial charge in [0.1, 0.15) is 0 Å². The van der Waals surface area contributed by atoms with Gasteiger partial charge < -0.3 is 10.2 Å². The molecule has 0 saturated carbocycles. The summed E-state index contributed by atoms with van der Waals surface area (Å²) >= 11 is 7.44. The molecule has 0 bridgehead atoms. The molecule has 1 aliphatic rings. The molecule has 2 rings (SSSR count). The highest BCUT2D eigenvalue weighted by Gasteiger charge is 2.11. The molecule has 0 fully saturated rings. The topological polar surface area (TPSA) is 27.6 Å². The third-order valence-electron chi connectivity index (χ3n) is 2.11. The lowest BCUT2D eigenvalue weighted by molar-refractivity contribution is 0.534. The minimum atomic E-state index is 0.806. The van der Waals surface area contributed by atoms with Crippen molar-refractivity contribution in [3.05, 3.63) is 21.3 Å². The molecule has 5 heteroatoms. The number of hydrogen-bond acceptors (Lipinski definition) is 4. The molecule has 0 aliphatic carbocycles. The monoisotopic (exact) mass is 229 g/mol. The lowest BCUT2D eigenvalue weighted by atomic mass is 10.5. The molecule has 0 saturated heterocycles. The molecule has 76 valence electrons. The fourth-order valence-electron chi connectivity index (χ4n) is 1.34. The van der Waals surface area contributed by atoms with E-state index in [9.17, 15) is 0 Å². The molecule has 1 aliphatic heterocycles. The van der Waals surface area contributed by atoms with Crippen LogP contribution in [0.2, 0.25) is 4.34 Å². The van der Waals surface area contributed by atoms with Crippen molar-refractivity contribution in [1.29, 1.82) is 0 Å². The summed E-state index contributed by atoms with van der Waals surface area (Å²) in [6.07, 6.45) is 0. The Bertz CT molecular complexity index is 348. The van der Waals surface area contributed by atoms with Crippen LogP contribution < -0.4 is 5.32 Å². The number of hydrogen-bond donors (Lipinski definition) is 1. The molecule has 0 radical (unpaired) electrons. The Hall–Kier alpha value is -0.740. The van der Waals surface area contributed by atoms with Gasteiger partial charge in [-0.25, -0.2) is 0 Å². The predicted molar refractivity (Wildman–Crippen MR) is 61.1 cm³/mol. The van der Waals surface area contributed by atoms with Gasteiger partial charge >= 0.3 is 0 Å². The average Bonchev–Trinajstić information content (AvgIpc) is 2.72. The predicted octanol–water partition coefficient (Wildman–Crippen LogP) is 1.79. The van der Waals surface area contributed by atoms with Crippen molar-refractivity contribution in [2.75, 3.05) is 20.1 Å². The van der Waals surface area contributed by atoms with Crippen molar-refractivity contribution in [2.24, 2.45) is 4.99 Å². The van der Waals surface area contributed by atoms with Crippen LogP contribution in [0.5, 0.6) is 0 Å². The van der Waals surface area contributed by atoms with E-state index in [1.54, 1.807) is 11.3 Å². The molecule has 0 spiro atoms. The van der Waals surface area contributed by atoms with Crippen molar-refractivity contribution < 1.29 is 0 Å². The highest BCUT2D eigenvalue weighted by atomic mass is 35.5. The molecule has 14 heavy (non-hydrogen) atoms. The van der Waals surface area contributed by atoms with Crippen molar-refractivity contribution >= 4 is 28.9 Å². The maximum atomic E-state index is 5.83. The number of guanidine groups is 1. The van der Waals surface area contributed by atoms with Gasteiger partial charge in [0.25, 0.3) is 0 Å². The molecular formula is C9H12ClN3S. The molecule has 0 aromatic carbocycles. The summed E-state index contributed by atoms with van der Waals surface area (Å²) in [6, 6.07) is 3.96. The Balaban J connectivity index is 1.88. The second-order valence-corrected chi connectivity index (χ2v) is 4.99. The van der Waals surface area contributed by atoms with Crippen LogP contribution in [-0.4, -0.2) is 31.0 Å². The standard InChI is InChI=1S/C9H12ClN3S/c1-13-5-4-11-9(13)12-6-7-2-3-8(10)14-7/h2-3H,4-6H2,1H3,(H,11,12). The second kappa shape index (κ2) is 4.19. The van der Waals surface area contributed by atoms with Crippen LogP contribution >= 0.6 is 22.9 Å². The summed E-state index contributed by atoms with van der Waals surface area (Å²) in [5.41, 5.74) is 0. The van der Waals surface area contributed by atoms with Crippen LogP contribution in [0.15, 0.2) is 17.1 Å². The van der Waals surface area contributed by atoms with Gasteiger partial charge in [0.15, 0.2) is 5.96 Å². The van der Waals surface area contributed by atoms with Gasteiger partial charge in [0.2, 0.25) is 0 Å². The molecule has 0 unspecified atom stereocenters. The third kappa shape index (κ3) is 2.19. The number of nitrogens with zero attached hydrogens (tertiary/aromatic N) is 2. The lowest BCUT2D eigenvalue weighted by Crippen LogP contribution is -2.34. The first-order chi connectivity index (χ1) is 6.75. The van der Waals surface area contributed by atoms with Crippen LogP contribution in [0.4, 0.5) is 0 Å². The first-order valence-corrected chi connectivity index (χ1v) is 5.69. The first-order valence-electron chi connectivity index (χ1n) is 4.49. The largest absolute Gasteiger partial charge is 0.351 e. The number of likely N-dealkylation sites (N-methyl/N-ethyl adjacent to an activating group) is 1. The van der Waals surface area contributed by atoms with Crippen molar-refractivity contribution in [1.82, 2.24) is 10.2 Å². The zero-order valence-electron chi connectivity index (χ0n) is 7.96. The highest BCUT2D eigenvalue weighted by molar-refractivity contribution is 7.16. The Morgan fingerprint density at radius 2 is 2.50 bits per heavy atom. The quantitative estimate of drug-likeness (QED) is 0.838. The van der Waals surface area contributed by atoms with E-state index < -0.39 is 0 Å². The summed E-state index contributed by atoms with van der Waals surface area (Å²) in [7, 11) is 2.04. The molecular weight excluding hydrogens is 218 g/mol. The highest BCUT2D eigenvalue weighted by Crippen LogP contribution is 2.21. The number of aliphatic imine (C=N–C) groups is 1. The smallest absolute Gasteiger partial charge is 0.194 e. The van der Waals surface area contributed by atoms with E-state index in [0.29, 0.717) is 0 Å². The van der Waals surface area contributed by atoms with Crippen molar-refractivity contribution in [2.45, 2.75) is 6.54 Å².